The van der Waals surface area contributed by atoms with Gasteiger partial charge in [-0.15, -0.1) is 0 Å². The van der Waals surface area contributed by atoms with Gasteiger partial charge >= 0.3 is 5.97 Å². The van der Waals surface area contributed by atoms with Crippen LogP contribution in [0.1, 0.15) is 18.4 Å². The molecule has 2 heterocycles. The minimum absolute atomic E-state index is 0.192. The zero-order chi connectivity index (χ0) is 28.6. The fourth-order valence-electron chi connectivity index (χ4n) is 5.58. The summed E-state index contributed by atoms with van der Waals surface area (Å²) in [5.74, 6) is 0.0424. The van der Waals surface area contributed by atoms with E-state index in [4.69, 9.17) is 4.74 Å². The van der Waals surface area contributed by atoms with Crippen LogP contribution in [0.25, 0.3) is 21.5 Å². The Balaban J connectivity index is 1.10. The van der Waals surface area contributed by atoms with E-state index in [-0.39, 0.29) is 11.6 Å². The summed E-state index contributed by atoms with van der Waals surface area (Å²) in [6, 6.07) is 24.9. The summed E-state index contributed by atoms with van der Waals surface area (Å²) < 4.78 is 35.0. The SMILES string of the molecule is CN(C)c1cccc2c(S(=O)(=O)NCC3CCN(C=C4N=C(c5cccc6ccccc56)OC4=O)CC3)cccc12. The van der Waals surface area contributed by atoms with Gasteiger partial charge in [-0.2, -0.15) is 0 Å². The fraction of sp³-hybridized carbons (Fsp3) is 0.250. The van der Waals surface area contributed by atoms with Crippen molar-refractivity contribution in [1.82, 2.24) is 9.62 Å². The van der Waals surface area contributed by atoms with Crippen LogP contribution in [0.5, 0.6) is 0 Å². The van der Waals surface area contributed by atoms with E-state index in [1.165, 1.54) is 0 Å². The van der Waals surface area contributed by atoms with Gasteiger partial charge in [0.1, 0.15) is 0 Å². The maximum Gasteiger partial charge on any atom is 0.365 e. The lowest BCUT2D eigenvalue weighted by molar-refractivity contribution is -0.130. The van der Waals surface area contributed by atoms with Crippen LogP contribution >= 0.6 is 0 Å². The average Bonchev–Trinajstić information content (AvgIpc) is 3.35. The lowest BCUT2D eigenvalue weighted by Crippen LogP contribution is -2.36. The maximum atomic E-state index is 13.3. The Morgan fingerprint density at radius 1 is 0.927 bits per heavy atom. The first-order valence-electron chi connectivity index (χ1n) is 13.7. The highest BCUT2D eigenvalue weighted by Gasteiger charge is 2.28. The summed E-state index contributed by atoms with van der Waals surface area (Å²) in [6.45, 7) is 1.76. The van der Waals surface area contributed by atoms with E-state index in [0.717, 1.165) is 40.3 Å². The molecule has 2 aliphatic heterocycles. The molecule has 0 bridgehead atoms. The molecule has 210 valence electrons. The number of aliphatic imine (C=N–C) groups is 1. The largest absolute Gasteiger partial charge is 0.402 e. The number of hydrogen-bond donors (Lipinski definition) is 1. The van der Waals surface area contributed by atoms with E-state index in [2.05, 4.69) is 14.6 Å². The lowest BCUT2D eigenvalue weighted by Gasteiger charge is -2.31. The van der Waals surface area contributed by atoms with E-state index in [0.29, 0.717) is 35.8 Å². The predicted molar refractivity (Wildman–Crippen MR) is 162 cm³/mol. The molecule has 4 aromatic carbocycles. The minimum atomic E-state index is -3.69. The zero-order valence-electron chi connectivity index (χ0n) is 23.1. The lowest BCUT2D eigenvalue weighted by atomic mass is 9.97. The standard InChI is InChI=1S/C32H32N4O4S/c1-35(2)29-14-6-12-26-25(29)11-7-15-30(26)41(38,39)33-20-22-16-18-36(19-17-22)21-28-32(37)40-31(34-28)27-13-5-9-23-8-3-4-10-24(23)27/h3-15,21-22,33H,16-20H2,1-2H3. The number of esters is 1. The highest BCUT2D eigenvalue weighted by molar-refractivity contribution is 7.89. The Morgan fingerprint density at radius 2 is 1.61 bits per heavy atom. The minimum Gasteiger partial charge on any atom is -0.402 e. The number of ether oxygens (including phenoxy) is 1. The van der Waals surface area contributed by atoms with Crippen LogP contribution in [0.3, 0.4) is 0 Å². The second-order valence-electron chi connectivity index (χ2n) is 10.7. The quantitative estimate of drug-likeness (QED) is 0.252. The van der Waals surface area contributed by atoms with Gasteiger partial charge < -0.3 is 14.5 Å². The second-order valence-corrected chi connectivity index (χ2v) is 12.4. The molecule has 9 heteroatoms. The summed E-state index contributed by atoms with van der Waals surface area (Å²) in [5.41, 5.74) is 2.04. The van der Waals surface area contributed by atoms with E-state index in [1.54, 1.807) is 18.3 Å². The number of cyclic esters (lactones) is 1. The Labute approximate surface area is 240 Å². The Hall–Kier alpha value is -4.21. The monoisotopic (exact) mass is 568 g/mol. The first-order valence-corrected chi connectivity index (χ1v) is 15.2. The summed E-state index contributed by atoms with van der Waals surface area (Å²) in [6.07, 6.45) is 3.35. The van der Waals surface area contributed by atoms with Gasteiger partial charge in [0, 0.05) is 62.0 Å². The van der Waals surface area contributed by atoms with Crippen LogP contribution in [0.4, 0.5) is 5.69 Å². The third-order valence-corrected chi connectivity index (χ3v) is 9.27. The fourth-order valence-corrected chi connectivity index (χ4v) is 6.92. The first-order chi connectivity index (χ1) is 19.8. The summed E-state index contributed by atoms with van der Waals surface area (Å²) >= 11 is 0. The number of fused-ring (bicyclic) bond motifs is 2. The third-order valence-electron chi connectivity index (χ3n) is 7.79. The van der Waals surface area contributed by atoms with Crippen molar-refractivity contribution in [3.05, 3.63) is 96.3 Å². The van der Waals surface area contributed by atoms with Crippen molar-refractivity contribution in [2.75, 3.05) is 38.6 Å². The highest BCUT2D eigenvalue weighted by Crippen LogP contribution is 2.30. The molecule has 0 amide bonds. The van der Waals surface area contributed by atoms with Gasteiger partial charge in [-0.1, -0.05) is 60.7 Å². The van der Waals surface area contributed by atoms with Crippen molar-refractivity contribution >= 4 is 49.1 Å². The molecule has 0 saturated carbocycles. The van der Waals surface area contributed by atoms with Gasteiger partial charge in [-0.05, 0) is 47.7 Å². The predicted octanol–water partition coefficient (Wildman–Crippen LogP) is 4.89. The molecule has 0 spiro atoms. The number of anilines is 1. The third kappa shape index (κ3) is 5.42. The van der Waals surface area contributed by atoms with Crippen molar-refractivity contribution in [2.24, 2.45) is 10.9 Å². The van der Waals surface area contributed by atoms with Gasteiger partial charge in [0.05, 0.1) is 4.90 Å². The van der Waals surface area contributed by atoms with E-state index in [1.807, 2.05) is 85.7 Å². The molecule has 4 aromatic rings. The number of likely N-dealkylation sites (tertiary alicyclic amines) is 1. The number of benzene rings is 4. The molecule has 1 saturated heterocycles. The summed E-state index contributed by atoms with van der Waals surface area (Å²) in [5, 5.41) is 3.64. The van der Waals surface area contributed by atoms with Crippen molar-refractivity contribution in [1.29, 1.82) is 0 Å². The van der Waals surface area contributed by atoms with Crippen LogP contribution in [0.2, 0.25) is 0 Å². The molecule has 1 N–H and O–H groups in total. The number of nitrogens with zero attached hydrogens (tertiary/aromatic N) is 3. The number of carbonyl (C=O) groups is 1. The molecule has 0 radical (unpaired) electrons. The van der Waals surface area contributed by atoms with Gasteiger partial charge in [-0.3, -0.25) is 0 Å². The van der Waals surface area contributed by atoms with Crippen LogP contribution in [0.15, 0.2) is 101 Å². The van der Waals surface area contributed by atoms with Crippen molar-refractivity contribution in [3.63, 3.8) is 0 Å². The second kappa shape index (κ2) is 11.0. The van der Waals surface area contributed by atoms with Gasteiger partial charge in [0.2, 0.25) is 15.9 Å². The Morgan fingerprint density at radius 3 is 2.41 bits per heavy atom. The molecular weight excluding hydrogens is 536 g/mol. The summed E-state index contributed by atoms with van der Waals surface area (Å²) in [4.78, 5) is 21.5. The van der Waals surface area contributed by atoms with Crippen molar-refractivity contribution in [2.45, 2.75) is 17.7 Å². The molecule has 41 heavy (non-hydrogen) atoms. The number of sulfonamides is 1. The Kier molecular flexibility index (Phi) is 7.23. The smallest absolute Gasteiger partial charge is 0.365 e. The van der Waals surface area contributed by atoms with Gasteiger partial charge in [-0.25, -0.2) is 22.9 Å². The van der Waals surface area contributed by atoms with Crippen LogP contribution in [-0.2, 0) is 19.6 Å². The number of nitrogens with one attached hydrogen (secondary N) is 1. The maximum absolute atomic E-state index is 13.3. The van der Waals surface area contributed by atoms with Crippen molar-refractivity contribution in [3.8, 4) is 0 Å². The summed E-state index contributed by atoms with van der Waals surface area (Å²) in [7, 11) is 0.204. The molecule has 8 nitrogen and oxygen atoms in total. The highest BCUT2D eigenvalue weighted by atomic mass is 32.2. The van der Waals surface area contributed by atoms with Crippen molar-refractivity contribution < 1.29 is 17.9 Å². The molecule has 2 aliphatic rings. The number of hydrogen-bond acceptors (Lipinski definition) is 7. The molecule has 6 rings (SSSR count). The molecule has 0 aromatic heterocycles. The van der Waals surface area contributed by atoms with E-state index < -0.39 is 16.0 Å². The van der Waals surface area contributed by atoms with Gasteiger partial charge in [0.15, 0.2) is 5.70 Å². The van der Waals surface area contributed by atoms with Crippen LogP contribution in [-0.4, -0.2) is 58.9 Å². The van der Waals surface area contributed by atoms with Crippen LogP contribution in [0, 0.1) is 5.92 Å². The number of rotatable bonds is 7. The Bertz CT molecular complexity index is 1800. The molecular formula is C32H32N4O4S. The zero-order valence-corrected chi connectivity index (χ0v) is 23.9. The molecule has 0 atom stereocenters. The molecule has 1 fully saturated rings. The topological polar surface area (TPSA) is 91.3 Å². The van der Waals surface area contributed by atoms with Crippen LogP contribution < -0.4 is 9.62 Å². The van der Waals surface area contributed by atoms with E-state index >= 15 is 0 Å². The molecule has 0 aliphatic carbocycles. The average molecular weight is 569 g/mol. The number of carbonyl (C=O) groups excluding carboxylic acids is 1. The first kappa shape index (κ1) is 27.0. The van der Waals surface area contributed by atoms with Gasteiger partial charge in [0.25, 0.3) is 0 Å². The van der Waals surface area contributed by atoms with E-state index in [9.17, 15) is 13.2 Å². The number of piperidine rings is 1. The normalized spacial score (nSPS) is 17.3. The molecule has 0 unspecified atom stereocenters.